The highest BCUT2D eigenvalue weighted by molar-refractivity contribution is 5.92. The fourth-order valence-corrected chi connectivity index (χ4v) is 4.04. The molecule has 0 radical (unpaired) electrons. The third kappa shape index (κ3) is 3.57. The number of carbonyl (C=O) groups excluding carboxylic acids is 1. The van der Waals surface area contributed by atoms with Crippen LogP contribution in [0, 0.1) is 5.92 Å². The molecule has 0 bridgehead atoms. The molecule has 150 valence electrons. The first kappa shape index (κ1) is 17.8. The third-order valence-electron chi connectivity index (χ3n) is 5.60. The summed E-state index contributed by atoms with van der Waals surface area (Å²) in [6.45, 7) is 1.44. The van der Waals surface area contributed by atoms with E-state index in [2.05, 4.69) is 35.7 Å². The zero-order valence-electron chi connectivity index (χ0n) is 16.0. The van der Waals surface area contributed by atoms with Crippen LogP contribution in [0.15, 0.2) is 29.3 Å². The Morgan fingerprint density at radius 3 is 2.83 bits per heavy atom. The van der Waals surface area contributed by atoms with Gasteiger partial charge >= 0.3 is 0 Å². The van der Waals surface area contributed by atoms with Crippen molar-refractivity contribution in [2.45, 2.75) is 38.5 Å². The molecule has 4 heterocycles. The maximum Gasteiger partial charge on any atom is 0.234 e. The summed E-state index contributed by atoms with van der Waals surface area (Å²) in [5.74, 6) is 1.73. The molecule has 2 aliphatic rings. The van der Waals surface area contributed by atoms with Crippen molar-refractivity contribution in [3.05, 3.63) is 36.0 Å². The lowest BCUT2D eigenvalue weighted by Gasteiger charge is -2.32. The summed E-state index contributed by atoms with van der Waals surface area (Å²) in [7, 11) is 0. The fourth-order valence-electron chi connectivity index (χ4n) is 4.04. The summed E-state index contributed by atoms with van der Waals surface area (Å²) >= 11 is 0. The molecular formula is C19H22N8O2. The van der Waals surface area contributed by atoms with Gasteiger partial charge < -0.3 is 9.42 Å². The van der Waals surface area contributed by atoms with Gasteiger partial charge in [-0.3, -0.25) is 10.1 Å². The van der Waals surface area contributed by atoms with Gasteiger partial charge in [0, 0.05) is 18.7 Å². The van der Waals surface area contributed by atoms with Crippen LogP contribution in [0.2, 0.25) is 0 Å². The molecule has 1 fully saturated rings. The van der Waals surface area contributed by atoms with Gasteiger partial charge in [-0.05, 0) is 50.7 Å². The number of hydrogen-bond donors (Lipinski definition) is 1. The summed E-state index contributed by atoms with van der Waals surface area (Å²) < 4.78 is 6.96. The molecule has 10 heteroatoms. The van der Waals surface area contributed by atoms with Gasteiger partial charge in [0.05, 0.1) is 11.6 Å². The minimum absolute atomic E-state index is 0.0218. The molecule has 1 N–H and O–H groups in total. The van der Waals surface area contributed by atoms with Gasteiger partial charge in [0.1, 0.15) is 12.7 Å². The summed E-state index contributed by atoms with van der Waals surface area (Å²) in [5.41, 5.74) is 2.05. The van der Waals surface area contributed by atoms with E-state index in [0.29, 0.717) is 18.2 Å². The lowest BCUT2D eigenvalue weighted by atomic mass is 9.96. The van der Waals surface area contributed by atoms with E-state index in [9.17, 15) is 4.79 Å². The molecule has 29 heavy (non-hydrogen) atoms. The predicted molar refractivity (Wildman–Crippen MR) is 104 cm³/mol. The van der Waals surface area contributed by atoms with Crippen molar-refractivity contribution < 1.29 is 9.32 Å². The molecule has 1 saturated heterocycles. The Bertz CT molecular complexity index is 982. The first-order valence-corrected chi connectivity index (χ1v) is 10.00. The molecule has 5 rings (SSSR count). The van der Waals surface area contributed by atoms with Crippen LogP contribution in [0.1, 0.15) is 36.9 Å². The number of piperidine rings is 1. The smallest absolute Gasteiger partial charge is 0.234 e. The van der Waals surface area contributed by atoms with Crippen molar-refractivity contribution in [3.63, 3.8) is 0 Å². The van der Waals surface area contributed by atoms with E-state index in [1.165, 1.54) is 6.33 Å². The van der Waals surface area contributed by atoms with Gasteiger partial charge in [0.2, 0.25) is 11.8 Å². The van der Waals surface area contributed by atoms with Crippen LogP contribution in [0.3, 0.4) is 0 Å². The average molecular weight is 394 g/mol. The molecule has 1 atom stereocenters. The number of hydrogen-bond acceptors (Lipinski definition) is 8. The molecule has 0 aromatic carbocycles. The summed E-state index contributed by atoms with van der Waals surface area (Å²) in [4.78, 5) is 18.9. The van der Waals surface area contributed by atoms with Crippen LogP contribution in [0.4, 0.5) is 11.7 Å². The predicted octanol–water partition coefficient (Wildman–Crippen LogP) is 1.78. The number of nitrogens with one attached hydrogen (secondary N) is 1. The van der Waals surface area contributed by atoms with Gasteiger partial charge in [-0.2, -0.15) is 5.10 Å². The second-order valence-electron chi connectivity index (χ2n) is 7.51. The van der Waals surface area contributed by atoms with E-state index in [1.807, 2.05) is 12.1 Å². The van der Waals surface area contributed by atoms with E-state index in [-0.39, 0.29) is 11.8 Å². The lowest BCUT2D eigenvalue weighted by Crippen LogP contribution is -2.41. The summed E-state index contributed by atoms with van der Waals surface area (Å²) in [6, 6.07) is 3.75. The quantitative estimate of drug-likeness (QED) is 0.712. The van der Waals surface area contributed by atoms with Crippen LogP contribution >= 0.6 is 0 Å². The van der Waals surface area contributed by atoms with E-state index in [1.54, 1.807) is 11.0 Å². The molecule has 0 spiro atoms. The Labute approximate surface area is 167 Å². The number of anilines is 2. The van der Waals surface area contributed by atoms with Crippen molar-refractivity contribution >= 4 is 17.6 Å². The normalized spacial score (nSPS) is 19.0. The maximum absolute atomic E-state index is 12.9. The van der Waals surface area contributed by atoms with Crippen LogP contribution in [-0.4, -0.2) is 49.1 Å². The molecule has 1 unspecified atom stereocenters. The van der Waals surface area contributed by atoms with Crippen molar-refractivity contribution in [3.8, 4) is 5.82 Å². The molecule has 1 amide bonds. The average Bonchev–Trinajstić information content (AvgIpc) is 3.45. The standard InChI is InChI=1S/C19H22N8O2/c28-18(22-19-14-5-1-2-6-15(14)25-29-19)13-4-3-9-26(10-13)16-7-8-17(24-23-16)27-12-20-11-21-27/h7-8,11-13H,1-6,9-10H2,(H,22,28). The van der Waals surface area contributed by atoms with E-state index < -0.39 is 0 Å². The number of amides is 1. The minimum Gasteiger partial charge on any atom is -0.354 e. The zero-order valence-corrected chi connectivity index (χ0v) is 16.0. The van der Waals surface area contributed by atoms with Crippen LogP contribution in [0.5, 0.6) is 0 Å². The molecule has 10 nitrogen and oxygen atoms in total. The first-order chi connectivity index (χ1) is 14.3. The number of nitrogens with zero attached hydrogens (tertiary/aromatic N) is 7. The Morgan fingerprint density at radius 2 is 2.00 bits per heavy atom. The Morgan fingerprint density at radius 1 is 1.14 bits per heavy atom. The topological polar surface area (TPSA) is 115 Å². The zero-order chi connectivity index (χ0) is 19.6. The van der Waals surface area contributed by atoms with E-state index >= 15 is 0 Å². The summed E-state index contributed by atoms with van der Waals surface area (Å²) in [6.07, 6.45) is 8.86. The minimum atomic E-state index is -0.134. The molecule has 0 saturated carbocycles. The van der Waals surface area contributed by atoms with Crippen LogP contribution < -0.4 is 10.2 Å². The Kier molecular flexibility index (Phi) is 4.66. The van der Waals surface area contributed by atoms with Crippen molar-refractivity contribution in [1.82, 2.24) is 30.1 Å². The molecule has 1 aliphatic heterocycles. The second kappa shape index (κ2) is 7.61. The van der Waals surface area contributed by atoms with E-state index in [0.717, 1.165) is 62.1 Å². The first-order valence-electron chi connectivity index (χ1n) is 10.00. The Hall–Kier alpha value is -3.30. The number of carbonyl (C=O) groups is 1. The van der Waals surface area contributed by atoms with Gasteiger partial charge in [-0.25, -0.2) is 9.67 Å². The van der Waals surface area contributed by atoms with Crippen LogP contribution in [0.25, 0.3) is 5.82 Å². The van der Waals surface area contributed by atoms with Gasteiger partial charge in [-0.15, -0.1) is 10.2 Å². The molecular weight excluding hydrogens is 372 g/mol. The summed E-state index contributed by atoms with van der Waals surface area (Å²) in [5, 5.41) is 19.7. The number of aromatic nitrogens is 6. The van der Waals surface area contributed by atoms with Gasteiger partial charge in [-0.1, -0.05) is 5.16 Å². The number of aryl methyl sites for hydroxylation is 1. The molecule has 3 aromatic rings. The number of fused-ring (bicyclic) bond motifs is 1. The highest BCUT2D eigenvalue weighted by Crippen LogP contribution is 2.29. The largest absolute Gasteiger partial charge is 0.354 e. The molecule has 3 aromatic heterocycles. The molecule has 1 aliphatic carbocycles. The monoisotopic (exact) mass is 394 g/mol. The highest BCUT2D eigenvalue weighted by Gasteiger charge is 2.29. The third-order valence-corrected chi connectivity index (χ3v) is 5.60. The second-order valence-corrected chi connectivity index (χ2v) is 7.51. The SMILES string of the molecule is O=C(Nc1onc2c1CCCC2)C1CCCN(c2ccc(-n3cncn3)nn2)C1. The van der Waals surface area contributed by atoms with Crippen molar-refractivity contribution in [2.24, 2.45) is 5.92 Å². The van der Waals surface area contributed by atoms with Gasteiger partial charge in [0.15, 0.2) is 11.6 Å². The lowest BCUT2D eigenvalue weighted by molar-refractivity contribution is -0.120. The fraction of sp³-hybridized carbons (Fsp3) is 0.474. The maximum atomic E-state index is 12.9. The highest BCUT2D eigenvalue weighted by atomic mass is 16.5. The number of rotatable bonds is 4. The van der Waals surface area contributed by atoms with Crippen LogP contribution in [-0.2, 0) is 17.6 Å². The van der Waals surface area contributed by atoms with E-state index in [4.69, 9.17) is 4.52 Å². The van der Waals surface area contributed by atoms with Crippen molar-refractivity contribution in [1.29, 1.82) is 0 Å². The Balaban J connectivity index is 1.25. The van der Waals surface area contributed by atoms with Crippen molar-refractivity contribution in [2.75, 3.05) is 23.3 Å². The van der Waals surface area contributed by atoms with Gasteiger partial charge in [0.25, 0.3) is 0 Å².